The molecule has 4 aliphatic heterocycles. The van der Waals surface area contributed by atoms with Crippen molar-refractivity contribution in [3.8, 4) is 0 Å². The number of carbonyl (C=O) groups is 5. The number of hydrogen-bond acceptors (Lipinski definition) is 6. The van der Waals surface area contributed by atoms with Crippen molar-refractivity contribution in [2.75, 3.05) is 39.3 Å². The molecule has 0 bridgehead atoms. The minimum absolute atomic E-state index is 0.00904. The molecule has 7 rings (SSSR count). The summed E-state index contributed by atoms with van der Waals surface area (Å²) in [6.07, 6.45) is 2.37. The van der Waals surface area contributed by atoms with E-state index in [-0.39, 0.29) is 62.3 Å². The maximum Gasteiger partial charge on any atom is 0.280 e. The van der Waals surface area contributed by atoms with Crippen molar-refractivity contribution < 1.29 is 37.1 Å². The molecule has 14 heteroatoms. The highest BCUT2D eigenvalue weighted by Gasteiger charge is 2.50. The Balaban J connectivity index is 0.992. The second-order valence-corrected chi connectivity index (χ2v) is 15.8. The second kappa shape index (κ2) is 13.6. The summed E-state index contributed by atoms with van der Waals surface area (Å²) in [7, 11) is 0. The fourth-order valence-corrected chi connectivity index (χ4v) is 8.48. The Kier molecular flexibility index (Phi) is 9.48. The van der Waals surface area contributed by atoms with Crippen molar-refractivity contribution in [1.29, 1.82) is 0 Å². The monoisotopic (exact) mass is 739 g/mol. The van der Waals surface area contributed by atoms with E-state index < -0.39 is 59.6 Å². The smallest absolute Gasteiger partial charge is 0.280 e. The van der Waals surface area contributed by atoms with Gasteiger partial charge in [-0.2, -0.15) is 0 Å². The third-order valence-corrected chi connectivity index (χ3v) is 11.5. The van der Waals surface area contributed by atoms with Crippen LogP contribution in [-0.2, 0) is 20.9 Å². The van der Waals surface area contributed by atoms with E-state index in [1.165, 1.54) is 11.0 Å². The summed E-state index contributed by atoms with van der Waals surface area (Å²) in [6.45, 7) is 4.47. The van der Waals surface area contributed by atoms with Gasteiger partial charge in [-0.1, -0.05) is 37.6 Å². The van der Waals surface area contributed by atoms with Gasteiger partial charge in [0.25, 0.3) is 17.7 Å². The van der Waals surface area contributed by atoms with E-state index in [0.29, 0.717) is 30.1 Å². The number of fused-ring (bicyclic) bond motifs is 1. The minimum Gasteiger partial charge on any atom is -0.336 e. The Morgan fingerprint density at radius 3 is 2.29 bits per heavy atom. The molecule has 10 nitrogen and oxygen atoms in total. The average molecular weight is 740 g/mol. The molecule has 1 aliphatic carbocycles. The lowest BCUT2D eigenvalue weighted by molar-refractivity contribution is -0.138. The standard InChI is InChI=1S/C38H41ClF3N5O5/c1-37(2)11-9-25(28(19-37)22-3-5-24(39)6-4-22)34(50)45-15-13-44(14-16-45)31-10-12-46(21-38(31,41)42)35(51)27-17-23-20-47(36(52)26(23)18-29(27)40)30-7-8-32(48)43-33(30)49/h3-6,17-18,30-31H,7-16,19-21H2,1-2H3,(H,43,48,49). The maximum atomic E-state index is 15.8. The molecule has 52 heavy (non-hydrogen) atoms. The number of nitrogens with zero attached hydrogens (tertiary/aromatic N) is 4. The van der Waals surface area contributed by atoms with Crippen molar-refractivity contribution >= 4 is 46.7 Å². The van der Waals surface area contributed by atoms with Crippen LogP contribution in [0.1, 0.15) is 84.2 Å². The summed E-state index contributed by atoms with van der Waals surface area (Å²) in [5, 5.41) is 2.81. The largest absolute Gasteiger partial charge is 0.336 e. The Bertz CT molecular complexity index is 1870. The van der Waals surface area contributed by atoms with Crippen LogP contribution in [0.25, 0.3) is 5.57 Å². The Morgan fingerprint density at radius 2 is 1.62 bits per heavy atom. The summed E-state index contributed by atoms with van der Waals surface area (Å²) in [4.78, 5) is 70.0. The topological polar surface area (TPSA) is 110 Å². The van der Waals surface area contributed by atoms with Crippen molar-refractivity contribution in [3.63, 3.8) is 0 Å². The predicted molar refractivity (Wildman–Crippen MR) is 186 cm³/mol. The molecule has 0 aromatic heterocycles. The molecule has 276 valence electrons. The first-order valence-electron chi connectivity index (χ1n) is 17.8. The van der Waals surface area contributed by atoms with Gasteiger partial charge in [-0.15, -0.1) is 0 Å². The van der Waals surface area contributed by atoms with Crippen LogP contribution in [0.3, 0.4) is 0 Å². The predicted octanol–water partition coefficient (Wildman–Crippen LogP) is 4.90. The van der Waals surface area contributed by atoms with Crippen LogP contribution in [0.15, 0.2) is 42.0 Å². The number of halogens is 4. The lowest BCUT2D eigenvalue weighted by Gasteiger charge is -2.46. The molecule has 2 atom stereocenters. The zero-order valence-electron chi connectivity index (χ0n) is 29.2. The molecule has 5 amide bonds. The van der Waals surface area contributed by atoms with Gasteiger partial charge < -0.3 is 14.7 Å². The highest BCUT2D eigenvalue weighted by Crippen LogP contribution is 2.44. The molecule has 0 saturated carbocycles. The number of benzene rings is 2. The van der Waals surface area contributed by atoms with Gasteiger partial charge in [-0.05, 0) is 78.5 Å². The fraction of sp³-hybridized carbons (Fsp3) is 0.500. The van der Waals surface area contributed by atoms with E-state index >= 15 is 13.2 Å². The van der Waals surface area contributed by atoms with E-state index in [1.807, 2.05) is 24.3 Å². The molecule has 2 unspecified atom stereocenters. The second-order valence-electron chi connectivity index (χ2n) is 15.3. The first-order chi connectivity index (χ1) is 24.6. The van der Waals surface area contributed by atoms with Crippen molar-refractivity contribution in [2.45, 2.75) is 76.9 Å². The van der Waals surface area contributed by atoms with E-state index in [4.69, 9.17) is 11.6 Å². The Labute approximate surface area is 304 Å². The van der Waals surface area contributed by atoms with Gasteiger partial charge in [0.05, 0.1) is 18.2 Å². The molecule has 2 aromatic rings. The number of imide groups is 1. The summed E-state index contributed by atoms with van der Waals surface area (Å²) in [5.41, 5.74) is 2.63. The van der Waals surface area contributed by atoms with Gasteiger partial charge in [0.2, 0.25) is 17.7 Å². The molecule has 1 N–H and O–H groups in total. The van der Waals surface area contributed by atoms with Gasteiger partial charge >= 0.3 is 0 Å². The molecule has 0 spiro atoms. The van der Waals surface area contributed by atoms with E-state index in [1.54, 1.807) is 9.80 Å². The summed E-state index contributed by atoms with van der Waals surface area (Å²) < 4.78 is 47.0. The van der Waals surface area contributed by atoms with Crippen LogP contribution in [0.4, 0.5) is 13.2 Å². The van der Waals surface area contributed by atoms with E-state index in [2.05, 4.69) is 19.2 Å². The molecule has 5 aliphatic rings. The number of rotatable bonds is 5. The number of hydrogen-bond donors (Lipinski definition) is 1. The van der Waals surface area contributed by atoms with E-state index in [9.17, 15) is 24.0 Å². The Morgan fingerprint density at radius 1 is 0.904 bits per heavy atom. The molecular weight excluding hydrogens is 699 g/mol. The normalized spacial score (nSPS) is 25.0. The molecule has 4 heterocycles. The third kappa shape index (κ3) is 6.84. The third-order valence-electron chi connectivity index (χ3n) is 11.3. The average Bonchev–Trinajstić information content (AvgIpc) is 3.41. The van der Waals surface area contributed by atoms with Crippen LogP contribution >= 0.6 is 11.6 Å². The number of allylic oxidation sites excluding steroid dienone is 1. The summed E-state index contributed by atoms with van der Waals surface area (Å²) in [5.74, 6) is -6.94. The number of nitrogens with one attached hydrogen (secondary N) is 1. The summed E-state index contributed by atoms with van der Waals surface area (Å²) in [6, 6.07) is 7.55. The number of amides is 5. The fourth-order valence-electron chi connectivity index (χ4n) is 8.35. The van der Waals surface area contributed by atoms with Gasteiger partial charge in [-0.3, -0.25) is 34.2 Å². The van der Waals surface area contributed by atoms with Crippen molar-refractivity contribution in [1.82, 2.24) is 24.9 Å². The molecule has 2 aromatic carbocycles. The van der Waals surface area contributed by atoms with Gasteiger partial charge in [0.15, 0.2) is 0 Å². The number of piperazine rings is 1. The lowest BCUT2D eigenvalue weighted by Crippen LogP contribution is -2.63. The van der Waals surface area contributed by atoms with Gasteiger partial charge in [-0.25, -0.2) is 13.2 Å². The molecular formula is C38H41ClF3N5O5. The van der Waals surface area contributed by atoms with Crippen LogP contribution in [0.5, 0.6) is 0 Å². The maximum absolute atomic E-state index is 15.8. The zero-order chi connectivity index (χ0) is 37.1. The SMILES string of the molecule is CC1(C)CCC(C(=O)N2CCN(C3CCN(C(=O)c4cc5c(cc4F)C(=O)N(C4CCC(=O)NC4=O)C5)CC3(F)F)CC2)=C(c2ccc(Cl)cc2)C1. The highest BCUT2D eigenvalue weighted by atomic mass is 35.5. The van der Waals surface area contributed by atoms with Crippen LogP contribution in [0.2, 0.25) is 5.02 Å². The molecule has 3 fully saturated rings. The first kappa shape index (κ1) is 36.1. The number of alkyl halides is 2. The van der Waals surface area contributed by atoms with Crippen LogP contribution in [0, 0.1) is 11.2 Å². The summed E-state index contributed by atoms with van der Waals surface area (Å²) >= 11 is 6.13. The highest BCUT2D eigenvalue weighted by molar-refractivity contribution is 6.30. The van der Waals surface area contributed by atoms with Crippen molar-refractivity contribution in [2.24, 2.45) is 5.41 Å². The minimum atomic E-state index is -3.30. The van der Waals surface area contributed by atoms with Gasteiger partial charge in [0, 0.05) is 61.8 Å². The van der Waals surface area contributed by atoms with Crippen LogP contribution in [-0.4, -0.2) is 106 Å². The number of carbonyl (C=O) groups excluding carboxylic acids is 5. The Hall–Kier alpha value is -4.23. The quantitative estimate of drug-likeness (QED) is 0.438. The van der Waals surface area contributed by atoms with Crippen molar-refractivity contribution in [3.05, 3.63) is 75.1 Å². The van der Waals surface area contributed by atoms with E-state index in [0.717, 1.165) is 40.5 Å². The first-order valence-corrected chi connectivity index (χ1v) is 18.2. The number of piperidine rings is 2. The zero-order valence-corrected chi connectivity index (χ0v) is 29.9. The molecule has 0 radical (unpaired) electrons. The van der Waals surface area contributed by atoms with Gasteiger partial charge in [0.1, 0.15) is 11.9 Å². The lowest BCUT2D eigenvalue weighted by atomic mass is 9.72. The van der Waals surface area contributed by atoms with Crippen LogP contribution < -0.4 is 5.32 Å². The number of likely N-dealkylation sites (tertiary alicyclic amines) is 1. The molecule has 3 saturated heterocycles.